The van der Waals surface area contributed by atoms with Gasteiger partial charge in [-0.15, -0.1) is 0 Å². The molecule has 0 N–H and O–H groups in total. The number of ether oxygens (including phenoxy) is 1. The van der Waals surface area contributed by atoms with Crippen LogP contribution in [0.5, 0.6) is 5.75 Å². The van der Waals surface area contributed by atoms with Crippen molar-refractivity contribution < 1.29 is 9.66 Å². The highest BCUT2D eigenvalue weighted by molar-refractivity contribution is 14.1. The summed E-state index contributed by atoms with van der Waals surface area (Å²) in [4.78, 5) is 14.1. The number of pyridine rings is 1. The third-order valence-corrected chi connectivity index (χ3v) is 2.63. The van der Waals surface area contributed by atoms with E-state index in [1.165, 1.54) is 6.20 Å². The molecular weight excluding hydrogens is 299 g/mol. The lowest BCUT2D eigenvalue weighted by Gasteiger charge is -2.04. The predicted octanol–water partition coefficient (Wildman–Crippen LogP) is 2.14. The number of hydrogen-bond donors (Lipinski definition) is 0. The molecule has 0 bridgehead atoms. The second-order valence-electron chi connectivity index (χ2n) is 3.02. The first kappa shape index (κ1) is 9.63. The van der Waals surface area contributed by atoms with Crippen LogP contribution < -0.4 is 4.74 Å². The number of nitro groups is 1. The molecule has 0 unspecified atom stereocenters. The molecule has 0 amide bonds. The van der Waals surface area contributed by atoms with E-state index >= 15 is 0 Å². The normalized spacial score (nSPS) is 15.2. The fraction of sp³-hybridized carbons (Fsp3) is 0.375. The van der Waals surface area contributed by atoms with E-state index in [0.29, 0.717) is 9.45 Å². The largest absolute Gasteiger partial charge is 0.483 e. The summed E-state index contributed by atoms with van der Waals surface area (Å²) in [6.07, 6.45) is 3.64. The minimum Gasteiger partial charge on any atom is -0.483 e. The number of rotatable bonds is 3. The lowest BCUT2D eigenvalue weighted by Crippen LogP contribution is -2.02. The minimum atomic E-state index is -0.452. The summed E-state index contributed by atoms with van der Waals surface area (Å²) in [6, 6.07) is 1.54. The maximum atomic E-state index is 10.7. The molecule has 5 nitrogen and oxygen atoms in total. The summed E-state index contributed by atoms with van der Waals surface area (Å²) < 4.78 is 5.78. The Morgan fingerprint density at radius 1 is 1.64 bits per heavy atom. The van der Waals surface area contributed by atoms with Crippen LogP contribution in [0, 0.1) is 13.8 Å². The van der Waals surface area contributed by atoms with Gasteiger partial charge in [0, 0.05) is 12.3 Å². The molecule has 1 aliphatic carbocycles. The van der Waals surface area contributed by atoms with Crippen LogP contribution in [-0.4, -0.2) is 16.0 Å². The first-order valence-electron chi connectivity index (χ1n) is 4.14. The van der Waals surface area contributed by atoms with Crippen molar-refractivity contribution in [2.45, 2.75) is 18.9 Å². The molecule has 74 valence electrons. The van der Waals surface area contributed by atoms with Crippen LogP contribution in [-0.2, 0) is 0 Å². The van der Waals surface area contributed by atoms with Gasteiger partial charge in [-0.3, -0.25) is 10.1 Å². The van der Waals surface area contributed by atoms with E-state index in [1.807, 2.05) is 22.6 Å². The SMILES string of the molecule is O=[N+]([O-])c1c(OC2CC2)ccnc1I. The maximum absolute atomic E-state index is 10.7. The molecule has 2 rings (SSSR count). The molecule has 0 radical (unpaired) electrons. The zero-order valence-electron chi connectivity index (χ0n) is 7.14. The Hall–Kier alpha value is -0.920. The summed E-state index contributed by atoms with van der Waals surface area (Å²) in [5.41, 5.74) is -0.0278. The zero-order chi connectivity index (χ0) is 10.1. The van der Waals surface area contributed by atoms with Crippen LogP contribution in [0.4, 0.5) is 5.69 Å². The molecule has 0 spiro atoms. The second-order valence-corrected chi connectivity index (χ2v) is 4.04. The highest BCUT2D eigenvalue weighted by Gasteiger charge is 2.28. The lowest BCUT2D eigenvalue weighted by atomic mass is 10.4. The van der Waals surface area contributed by atoms with Gasteiger partial charge in [0.15, 0.2) is 3.70 Å². The van der Waals surface area contributed by atoms with E-state index in [2.05, 4.69) is 4.98 Å². The molecule has 0 saturated heterocycles. The quantitative estimate of drug-likeness (QED) is 0.371. The van der Waals surface area contributed by atoms with Gasteiger partial charge in [-0.2, -0.15) is 0 Å². The molecular formula is C8H7IN2O3. The average Bonchev–Trinajstić information content (AvgIpc) is 2.87. The molecule has 1 saturated carbocycles. The maximum Gasteiger partial charge on any atom is 0.342 e. The van der Waals surface area contributed by atoms with Crippen LogP contribution in [0.25, 0.3) is 0 Å². The molecule has 1 aromatic rings. The number of nitrogens with zero attached hydrogens (tertiary/aromatic N) is 2. The number of aromatic nitrogens is 1. The fourth-order valence-electron chi connectivity index (χ4n) is 1.04. The molecule has 1 heterocycles. The smallest absolute Gasteiger partial charge is 0.342 e. The van der Waals surface area contributed by atoms with Crippen LogP contribution in [0.1, 0.15) is 12.8 Å². The third-order valence-electron chi connectivity index (χ3n) is 1.84. The number of hydrogen-bond acceptors (Lipinski definition) is 4. The Morgan fingerprint density at radius 3 is 2.93 bits per heavy atom. The lowest BCUT2D eigenvalue weighted by molar-refractivity contribution is -0.387. The Morgan fingerprint density at radius 2 is 2.36 bits per heavy atom. The van der Waals surface area contributed by atoms with Crippen molar-refractivity contribution in [2.75, 3.05) is 0 Å². The molecule has 6 heteroatoms. The van der Waals surface area contributed by atoms with Crippen LogP contribution in [0.15, 0.2) is 12.3 Å². The first-order chi connectivity index (χ1) is 6.68. The third kappa shape index (κ3) is 1.94. The first-order valence-corrected chi connectivity index (χ1v) is 5.22. The summed E-state index contributed by atoms with van der Waals surface area (Å²) in [7, 11) is 0. The monoisotopic (exact) mass is 306 g/mol. The van der Waals surface area contributed by atoms with E-state index in [-0.39, 0.29) is 11.8 Å². The molecule has 1 fully saturated rings. The van der Waals surface area contributed by atoms with Gasteiger partial charge in [0.25, 0.3) is 0 Å². The van der Waals surface area contributed by atoms with Crippen molar-refractivity contribution in [2.24, 2.45) is 0 Å². The van der Waals surface area contributed by atoms with Crippen LogP contribution in [0.3, 0.4) is 0 Å². The highest BCUT2D eigenvalue weighted by atomic mass is 127. The van der Waals surface area contributed by atoms with Gasteiger partial charge in [-0.25, -0.2) is 4.98 Å². The molecule has 1 aliphatic rings. The van der Waals surface area contributed by atoms with Crippen molar-refractivity contribution in [1.29, 1.82) is 0 Å². The predicted molar refractivity (Wildman–Crippen MR) is 57.3 cm³/mol. The Balaban J connectivity index is 2.35. The summed E-state index contributed by atoms with van der Waals surface area (Å²) in [5.74, 6) is 0.330. The fourth-order valence-corrected chi connectivity index (χ4v) is 1.66. The van der Waals surface area contributed by atoms with Gasteiger partial charge in [0.05, 0.1) is 11.0 Å². The molecule has 0 aliphatic heterocycles. The van der Waals surface area contributed by atoms with Gasteiger partial charge in [0.2, 0.25) is 5.75 Å². The molecule has 0 aromatic carbocycles. The summed E-state index contributed by atoms with van der Waals surface area (Å²) >= 11 is 1.84. The van der Waals surface area contributed by atoms with Crippen LogP contribution >= 0.6 is 22.6 Å². The Kier molecular flexibility index (Phi) is 2.53. The van der Waals surface area contributed by atoms with Crippen molar-refractivity contribution in [3.8, 4) is 5.75 Å². The Bertz CT molecular complexity index is 379. The van der Waals surface area contributed by atoms with Gasteiger partial charge >= 0.3 is 5.69 Å². The topological polar surface area (TPSA) is 65.3 Å². The highest BCUT2D eigenvalue weighted by Crippen LogP contribution is 2.34. The molecule has 1 aromatic heterocycles. The van der Waals surface area contributed by atoms with Gasteiger partial charge in [-0.05, 0) is 35.4 Å². The van der Waals surface area contributed by atoms with Gasteiger partial charge in [-0.1, -0.05) is 0 Å². The van der Waals surface area contributed by atoms with Crippen molar-refractivity contribution >= 4 is 28.3 Å². The Labute approximate surface area is 93.8 Å². The van der Waals surface area contributed by atoms with E-state index in [0.717, 1.165) is 12.8 Å². The van der Waals surface area contributed by atoms with Gasteiger partial charge < -0.3 is 4.74 Å². The minimum absolute atomic E-state index is 0.0278. The molecule has 14 heavy (non-hydrogen) atoms. The van der Waals surface area contributed by atoms with Crippen LogP contribution in [0.2, 0.25) is 0 Å². The average molecular weight is 306 g/mol. The van der Waals surface area contributed by atoms with E-state index in [4.69, 9.17) is 4.74 Å². The molecule has 0 atom stereocenters. The summed E-state index contributed by atoms with van der Waals surface area (Å²) in [5, 5.41) is 10.7. The standard InChI is InChI=1S/C8H7IN2O3/c9-8-7(11(12)13)6(3-4-10-8)14-5-1-2-5/h3-5H,1-2H2. The summed E-state index contributed by atoms with van der Waals surface area (Å²) in [6.45, 7) is 0. The van der Waals surface area contributed by atoms with E-state index in [9.17, 15) is 10.1 Å². The van der Waals surface area contributed by atoms with Crippen molar-refractivity contribution in [3.63, 3.8) is 0 Å². The zero-order valence-corrected chi connectivity index (χ0v) is 9.30. The second kappa shape index (κ2) is 3.68. The van der Waals surface area contributed by atoms with Crippen molar-refractivity contribution in [3.05, 3.63) is 26.1 Å². The number of halogens is 1. The van der Waals surface area contributed by atoms with E-state index in [1.54, 1.807) is 6.07 Å². The van der Waals surface area contributed by atoms with Gasteiger partial charge in [0.1, 0.15) is 0 Å². The van der Waals surface area contributed by atoms with E-state index < -0.39 is 4.92 Å². The van der Waals surface area contributed by atoms with Crippen molar-refractivity contribution in [1.82, 2.24) is 4.98 Å².